The van der Waals surface area contributed by atoms with Crippen LogP contribution in [-0.4, -0.2) is 20.2 Å². The average molecular weight is 136 g/mol. The van der Waals surface area contributed by atoms with E-state index in [4.69, 9.17) is 0 Å². The lowest BCUT2D eigenvalue weighted by Gasteiger charge is -1.79. The Bertz CT molecular complexity index is 323. The molecule has 2 aromatic heterocycles. The molecular weight excluding hydrogens is 128 g/mol. The fourth-order valence-corrected chi connectivity index (χ4v) is 0.886. The highest BCUT2D eigenvalue weighted by atomic mass is 15.1. The summed E-state index contributed by atoms with van der Waals surface area (Å²) in [5, 5.41) is 7.50. The van der Waals surface area contributed by atoms with Crippen molar-refractivity contribution in [1.82, 2.24) is 20.2 Å². The van der Waals surface area contributed by atoms with Crippen LogP contribution in [0.3, 0.4) is 0 Å². The van der Waals surface area contributed by atoms with Crippen molar-refractivity contribution < 1.29 is 1.43 Å². The van der Waals surface area contributed by atoms with E-state index in [-0.39, 0.29) is 1.43 Å². The van der Waals surface area contributed by atoms with Crippen LogP contribution in [-0.2, 0) is 0 Å². The van der Waals surface area contributed by atoms with Crippen LogP contribution in [0.2, 0.25) is 0 Å². The number of nitrogens with one attached hydrogen (secondary N) is 1. The summed E-state index contributed by atoms with van der Waals surface area (Å²) in [6.07, 6.45) is 1.64. The number of hydrogen-bond donors (Lipinski definition) is 1. The second-order valence-electron chi connectivity index (χ2n) is 2.09. The summed E-state index contributed by atoms with van der Waals surface area (Å²) in [5.74, 6) is 0.871. The summed E-state index contributed by atoms with van der Waals surface area (Å²) < 4.78 is 0. The smallest absolute Gasteiger partial charge is 0.199 e. The lowest BCUT2D eigenvalue weighted by Crippen LogP contribution is -1.78. The van der Waals surface area contributed by atoms with Crippen molar-refractivity contribution in [2.45, 2.75) is 6.92 Å². The molecule has 0 spiro atoms. The molecule has 0 fully saturated rings. The largest absolute Gasteiger partial charge is 0.341 e. The standard InChI is InChI=1S/C6H6N4.H2/c1-4-8-5-2-3-7-10-6(5)9-4;/h2-3H,1H3,(H,8,9,10);1H. The van der Waals surface area contributed by atoms with Crippen LogP contribution in [0.25, 0.3) is 11.2 Å². The van der Waals surface area contributed by atoms with Crippen molar-refractivity contribution in [3.63, 3.8) is 0 Å². The van der Waals surface area contributed by atoms with Gasteiger partial charge in [-0.25, -0.2) is 4.98 Å². The minimum atomic E-state index is 0. The Kier molecular flexibility index (Phi) is 0.943. The molecule has 0 aliphatic carbocycles. The van der Waals surface area contributed by atoms with E-state index in [1.165, 1.54) is 0 Å². The SMILES string of the molecule is Cc1nc2nnccc2[nH]1.[HH]. The van der Waals surface area contributed by atoms with Crippen LogP contribution in [0.5, 0.6) is 0 Å². The highest BCUT2D eigenvalue weighted by Crippen LogP contribution is 2.03. The number of rotatable bonds is 0. The summed E-state index contributed by atoms with van der Waals surface area (Å²) in [6.45, 7) is 1.89. The third-order valence-corrected chi connectivity index (χ3v) is 1.29. The molecule has 0 saturated heterocycles. The maximum atomic E-state index is 4.08. The number of nitrogens with zero attached hydrogens (tertiary/aromatic N) is 3. The van der Waals surface area contributed by atoms with Gasteiger partial charge in [0.2, 0.25) is 0 Å². The van der Waals surface area contributed by atoms with Crippen molar-refractivity contribution in [3.05, 3.63) is 18.1 Å². The zero-order valence-corrected chi connectivity index (χ0v) is 5.50. The molecule has 4 nitrogen and oxygen atoms in total. The van der Waals surface area contributed by atoms with Gasteiger partial charge in [0.25, 0.3) is 0 Å². The van der Waals surface area contributed by atoms with Gasteiger partial charge in [-0.2, -0.15) is 5.10 Å². The first-order valence-corrected chi connectivity index (χ1v) is 3.00. The molecular formula is C6H8N4. The summed E-state index contributed by atoms with van der Waals surface area (Å²) in [4.78, 5) is 7.13. The zero-order chi connectivity index (χ0) is 6.97. The Morgan fingerprint density at radius 2 is 2.50 bits per heavy atom. The molecule has 0 saturated carbocycles. The van der Waals surface area contributed by atoms with E-state index in [2.05, 4.69) is 20.2 Å². The second-order valence-corrected chi connectivity index (χ2v) is 2.09. The van der Waals surface area contributed by atoms with Crippen molar-refractivity contribution in [1.29, 1.82) is 0 Å². The summed E-state index contributed by atoms with van der Waals surface area (Å²) in [6, 6.07) is 1.85. The molecule has 52 valence electrons. The fourth-order valence-electron chi connectivity index (χ4n) is 0.886. The Morgan fingerprint density at radius 1 is 1.60 bits per heavy atom. The molecule has 10 heavy (non-hydrogen) atoms. The topological polar surface area (TPSA) is 54.5 Å². The minimum Gasteiger partial charge on any atom is -0.341 e. The number of aromatic amines is 1. The molecule has 0 radical (unpaired) electrons. The number of H-pyrrole nitrogens is 1. The van der Waals surface area contributed by atoms with E-state index in [9.17, 15) is 0 Å². The van der Waals surface area contributed by atoms with Crippen LogP contribution in [0.1, 0.15) is 7.25 Å². The van der Waals surface area contributed by atoms with Crippen LogP contribution in [0.4, 0.5) is 0 Å². The number of aryl methyl sites for hydroxylation is 1. The van der Waals surface area contributed by atoms with Gasteiger partial charge in [0.1, 0.15) is 5.82 Å². The Labute approximate surface area is 58.8 Å². The fraction of sp³-hybridized carbons (Fsp3) is 0.167. The first-order valence-electron chi connectivity index (χ1n) is 3.00. The molecule has 0 aliphatic heterocycles. The molecule has 2 aromatic rings. The van der Waals surface area contributed by atoms with Gasteiger partial charge in [-0.3, -0.25) is 0 Å². The molecule has 0 unspecified atom stereocenters. The van der Waals surface area contributed by atoms with E-state index in [0.717, 1.165) is 11.3 Å². The molecule has 0 aliphatic rings. The molecule has 2 heterocycles. The summed E-state index contributed by atoms with van der Waals surface area (Å²) >= 11 is 0. The van der Waals surface area contributed by atoms with Crippen LogP contribution in [0, 0.1) is 6.92 Å². The lowest BCUT2D eigenvalue weighted by molar-refractivity contribution is 1.05. The molecule has 0 bridgehead atoms. The molecule has 4 heteroatoms. The van der Waals surface area contributed by atoms with E-state index >= 15 is 0 Å². The third kappa shape index (κ3) is 0.655. The number of aromatic nitrogens is 4. The average Bonchev–Trinajstić information content (AvgIpc) is 2.27. The zero-order valence-electron chi connectivity index (χ0n) is 5.50. The van der Waals surface area contributed by atoms with Gasteiger partial charge in [-0.15, -0.1) is 5.10 Å². The Hall–Kier alpha value is -1.45. The van der Waals surface area contributed by atoms with Gasteiger partial charge in [0.15, 0.2) is 5.65 Å². The minimum absolute atomic E-state index is 0. The second kappa shape index (κ2) is 1.76. The normalized spacial score (nSPS) is 10.5. The van der Waals surface area contributed by atoms with Crippen LogP contribution >= 0.6 is 0 Å². The van der Waals surface area contributed by atoms with Gasteiger partial charge in [-0.1, -0.05) is 0 Å². The molecule has 0 aromatic carbocycles. The van der Waals surface area contributed by atoms with Crippen LogP contribution in [0.15, 0.2) is 12.3 Å². The van der Waals surface area contributed by atoms with Crippen molar-refractivity contribution >= 4 is 11.2 Å². The Balaban J connectivity index is 0.000000605. The molecule has 1 N–H and O–H groups in total. The third-order valence-electron chi connectivity index (χ3n) is 1.29. The highest BCUT2D eigenvalue weighted by Gasteiger charge is 1.96. The van der Waals surface area contributed by atoms with E-state index in [0.29, 0.717) is 5.65 Å². The van der Waals surface area contributed by atoms with Gasteiger partial charge in [0.05, 0.1) is 11.7 Å². The number of imidazole rings is 1. The number of fused-ring (bicyclic) bond motifs is 1. The van der Waals surface area contributed by atoms with E-state index in [1.807, 2.05) is 13.0 Å². The van der Waals surface area contributed by atoms with E-state index in [1.54, 1.807) is 6.20 Å². The predicted molar refractivity (Wildman–Crippen MR) is 38.5 cm³/mol. The lowest BCUT2D eigenvalue weighted by atomic mass is 10.5. The first kappa shape index (κ1) is 5.34. The molecule has 0 atom stereocenters. The summed E-state index contributed by atoms with van der Waals surface area (Å²) in [5.41, 5.74) is 1.62. The maximum absolute atomic E-state index is 4.08. The maximum Gasteiger partial charge on any atom is 0.199 e. The number of hydrogen-bond acceptors (Lipinski definition) is 3. The van der Waals surface area contributed by atoms with E-state index < -0.39 is 0 Å². The molecule has 2 rings (SSSR count). The van der Waals surface area contributed by atoms with Gasteiger partial charge in [0, 0.05) is 1.43 Å². The van der Waals surface area contributed by atoms with Crippen LogP contribution < -0.4 is 0 Å². The highest BCUT2D eigenvalue weighted by molar-refractivity contribution is 5.68. The van der Waals surface area contributed by atoms with Gasteiger partial charge >= 0.3 is 0 Å². The molecule has 0 amide bonds. The van der Waals surface area contributed by atoms with Gasteiger partial charge in [-0.05, 0) is 13.0 Å². The Morgan fingerprint density at radius 3 is 3.30 bits per heavy atom. The monoisotopic (exact) mass is 136 g/mol. The quantitative estimate of drug-likeness (QED) is 0.585. The first-order chi connectivity index (χ1) is 4.86. The predicted octanol–water partition coefficient (Wildman–Crippen LogP) is 0.907. The van der Waals surface area contributed by atoms with Crippen molar-refractivity contribution in [3.8, 4) is 0 Å². The summed E-state index contributed by atoms with van der Waals surface area (Å²) in [7, 11) is 0. The van der Waals surface area contributed by atoms with Crippen molar-refractivity contribution in [2.75, 3.05) is 0 Å². The van der Waals surface area contributed by atoms with Crippen molar-refractivity contribution in [2.24, 2.45) is 0 Å². The van der Waals surface area contributed by atoms with Gasteiger partial charge < -0.3 is 4.98 Å².